The molecule has 1 aliphatic rings. The van der Waals surface area contributed by atoms with Crippen LogP contribution in [0.4, 0.5) is 0 Å². The van der Waals surface area contributed by atoms with E-state index in [2.05, 4.69) is 55.1 Å². The van der Waals surface area contributed by atoms with Crippen molar-refractivity contribution in [3.05, 3.63) is 0 Å². The topological polar surface area (TPSA) is 42.9 Å². The summed E-state index contributed by atoms with van der Waals surface area (Å²) >= 11 is 0. The van der Waals surface area contributed by atoms with Crippen LogP contribution in [0.1, 0.15) is 60.3 Å². The van der Waals surface area contributed by atoms with Crippen LogP contribution in [0.3, 0.4) is 0 Å². The summed E-state index contributed by atoms with van der Waals surface area (Å²) in [4.78, 5) is 9.82. The molecule has 0 amide bonds. The van der Waals surface area contributed by atoms with Gasteiger partial charge in [0.1, 0.15) is 0 Å². The average Bonchev–Trinajstić information content (AvgIpc) is 2.58. The van der Waals surface area contributed by atoms with Gasteiger partial charge in [0.05, 0.1) is 0 Å². The lowest BCUT2D eigenvalue weighted by molar-refractivity contribution is 0.167. The third kappa shape index (κ3) is 8.34. The number of nitrogens with zero attached hydrogens (tertiary/aromatic N) is 3. The Kier molecular flexibility index (Phi) is 11.1. The van der Waals surface area contributed by atoms with Crippen molar-refractivity contribution in [1.29, 1.82) is 0 Å². The predicted octanol–water partition coefficient (Wildman–Crippen LogP) is 2.54. The summed E-state index contributed by atoms with van der Waals surface area (Å²) in [5, 5.41) is 7.04. The fourth-order valence-electron chi connectivity index (χ4n) is 3.25. The van der Waals surface area contributed by atoms with Gasteiger partial charge in [0.2, 0.25) is 0 Å². The maximum absolute atomic E-state index is 4.77. The number of hydrogen-bond donors (Lipinski definition) is 2. The van der Waals surface area contributed by atoms with E-state index >= 15 is 0 Å². The van der Waals surface area contributed by atoms with Gasteiger partial charge in [0.15, 0.2) is 5.96 Å². The van der Waals surface area contributed by atoms with Gasteiger partial charge in [-0.15, -0.1) is 0 Å². The number of rotatable bonds is 10. The Hall–Kier alpha value is -0.810. The molecule has 0 atom stereocenters. The lowest BCUT2D eigenvalue weighted by Gasteiger charge is -2.35. The number of unbranched alkanes of at least 4 members (excludes halogenated alkanes) is 1. The van der Waals surface area contributed by atoms with E-state index in [0.29, 0.717) is 12.1 Å². The van der Waals surface area contributed by atoms with Crippen molar-refractivity contribution in [2.45, 2.75) is 72.4 Å². The largest absolute Gasteiger partial charge is 0.357 e. The normalized spacial score (nSPS) is 17.7. The van der Waals surface area contributed by atoms with Crippen molar-refractivity contribution in [1.82, 2.24) is 20.4 Å². The second-order valence-electron chi connectivity index (χ2n) is 7.04. The zero-order valence-corrected chi connectivity index (χ0v) is 16.8. The summed E-state index contributed by atoms with van der Waals surface area (Å²) in [6, 6.07) is 1.23. The molecular weight excluding hydrogens is 298 g/mol. The van der Waals surface area contributed by atoms with Gasteiger partial charge < -0.3 is 20.4 Å². The molecule has 0 aliphatic carbocycles. The van der Waals surface area contributed by atoms with Crippen LogP contribution < -0.4 is 10.6 Å². The molecule has 24 heavy (non-hydrogen) atoms. The van der Waals surface area contributed by atoms with E-state index in [0.717, 1.165) is 32.1 Å². The number of nitrogens with one attached hydrogen (secondary N) is 2. The Balaban J connectivity index is 2.30. The van der Waals surface area contributed by atoms with E-state index in [1.807, 2.05) is 0 Å². The second kappa shape index (κ2) is 12.5. The number of guanidine groups is 1. The highest BCUT2D eigenvalue weighted by Crippen LogP contribution is 2.12. The number of likely N-dealkylation sites (tertiary alicyclic amines) is 1. The van der Waals surface area contributed by atoms with Gasteiger partial charge in [-0.3, -0.25) is 4.99 Å². The molecule has 5 nitrogen and oxygen atoms in total. The zero-order valence-electron chi connectivity index (χ0n) is 16.8. The first-order chi connectivity index (χ1) is 11.6. The zero-order chi connectivity index (χ0) is 17.8. The fourth-order valence-corrected chi connectivity index (χ4v) is 3.25. The van der Waals surface area contributed by atoms with Crippen LogP contribution in [0, 0.1) is 0 Å². The highest BCUT2D eigenvalue weighted by atomic mass is 15.2. The molecule has 0 bridgehead atoms. The molecule has 1 saturated heterocycles. The molecule has 0 aromatic heterocycles. The van der Waals surface area contributed by atoms with Crippen LogP contribution in [0.25, 0.3) is 0 Å². The van der Waals surface area contributed by atoms with Gasteiger partial charge in [-0.2, -0.15) is 0 Å². The van der Waals surface area contributed by atoms with Gasteiger partial charge in [0, 0.05) is 38.3 Å². The van der Waals surface area contributed by atoms with Gasteiger partial charge >= 0.3 is 0 Å². The Morgan fingerprint density at radius 2 is 1.79 bits per heavy atom. The van der Waals surface area contributed by atoms with Crippen LogP contribution in [-0.4, -0.2) is 73.7 Å². The van der Waals surface area contributed by atoms with Crippen molar-refractivity contribution in [3.8, 4) is 0 Å². The minimum atomic E-state index is 0.563. The molecule has 5 heteroatoms. The molecule has 1 fully saturated rings. The molecule has 0 radical (unpaired) electrons. The third-order valence-corrected chi connectivity index (χ3v) is 4.99. The highest BCUT2D eigenvalue weighted by Gasteiger charge is 2.21. The van der Waals surface area contributed by atoms with Gasteiger partial charge in [-0.05, 0) is 66.1 Å². The molecule has 1 heterocycles. The Labute approximate surface area is 150 Å². The second-order valence-corrected chi connectivity index (χ2v) is 7.04. The van der Waals surface area contributed by atoms with E-state index in [1.54, 1.807) is 0 Å². The van der Waals surface area contributed by atoms with Crippen LogP contribution in [0.15, 0.2) is 4.99 Å². The van der Waals surface area contributed by atoms with Crippen LogP contribution in [0.2, 0.25) is 0 Å². The molecule has 0 saturated carbocycles. The summed E-state index contributed by atoms with van der Waals surface area (Å²) in [5.41, 5.74) is 0. The Morgan fingerprint density at radius 3 is 2.33 bits per heavy atom. The third-order valence-electron chi connectivity index (χ3n) is 4.99. The predicted molar refractivity (Wildman–Crippen MR) is 106 cm³/mol. The van der Waals surface area contributed by atoms with E-state index < -0.39 is 0 Å². The first-order valence-corrected chi connectivity index (χ1v) is 10.1. The maximum atomic E-state index is 4.77. The highest BCUT2D eigenvalue weighted by molar-refractivity contribution is 5.80. The molecule has 0 aromatic carbocycles. The van der Waals surface area contributed by atoms with Crippen LogP contribution in [0.5, 0.6) is 0 Å². The van der Waals surface area contributed by atoms with Crippen molar-refractivity contribution in [2.75, 3.05) is 45.8 Å². The Morgan fingerprint density at radius 1 is 1.12 bits per heavy atom. The number of hydrogen-bond acceptors (Lipinski definition) is 3. The molecule has 142 valence electrons. The van der Waals surface area contributed by atoms with E-state index in [4.69, 9.17) is 4.99 Å². The number of piperidine rings is 1. The quantitative estimate of drug-likeness (QED) is 0.365. The van der Waals surface area contributed by atoms with Crippen LogP contribution >= 0.6 is 0 Å². The summed E-state index contributed by atoms with van der Waals surface area (Å²) in [5.74, 6) is 1.00. The average molecular weight is 340 g/mol. The summed E-state index contributed by atoms with van der Waals surface area (Å²) in [6.07, 6.45) is 4.82. The minimum absolute atomic E-state index is 0.563. The van der Waals surface area contributed by atoms with Crippen LogP contribution in [-0.2, 0) is 0 Å². The maximum Gasteiger partial charge on any atom is 0.191 e. The monoisotopic (exact) mass is 339 g/mol. The Bertz CT molecular complexity index is 331. The standard InChI is InChI=1S/C19H41N5/c1-6-20-19(21-13-9-10-14-23(7-2)8-3)22-18-11-15-24(16-12-18)17(4)5/h17-18H,6-16H2,1-5H3,(H2,20,21,22). The van der Waals surface area contributed by atoms with Gasteiger partial charge in [-0.25, -0.2) is 0 Å². The van der Waals surface area contributed by atoms with Crippen molar-refractivity contribution >= 4 is 5.96 Å². The lowest BCUT2D eigenvalue weighted by Crippen LogP contribution is -2.49. The number of aliphatic imine (C=N–C) groups is 1. The summed E-state index contributed by atoms with van der Waals surface area (Å²) < 4.78 is 0. The summed E-state index contributed by atoms with van der Waals surface area (Å²) in [7, 11) is 0. The first-order valence-electron chi connectivity index (χ1n) is 10.1. The molecule has 0 aromatic rings. The van der Waals surface area contributed by atoms with Gasteiger partial charge in [-0.1, -0.05) is 13.8 Å². The fraction of sp³-hybridized carbons (Fsp3) is 0.947. The summed E-state index contributed by atoms with van der Waals surface area (Å²) in [6.45, 7) is 18.9. The molecular formula is C19H41N5. The minimum Gasteiger partial charge on any atom is -0.357 e. The van der Waals surface area contributed by atoms with Crippen molar-refractivity contribution < 1.29 is 0 Å². The SMILES string of the molecule is CCNC(=NCCCCN(CC)CC)NC1CCN(C(C)C)CC1. The smallest absolute Gasteiger partial charge is 0.191 e. The molecule has 1 aliphatic heterocycles. The van der Waals surface area contributed by atoms with Crippen molar-refractivity contribution in [2.24, 2.45) is 4.99 Å². The van der Waals surface area contributed by atoms with Gasteiger partial charge in [0.25, 0.3) is 0 Å². The molecule has 1 rings (SSSR count). The van der Waals surface area contributed by atoms with E-state index in [1.165, 1.54) is 45.3 Å². The van der Waals surface area contributed by atoms with E-state index in [-0.39, 0.29) is 0 Å². The molecule has 0 spiro atoms. The van der Waals surface area contributed by atoms with E-state index in [9.17, 15) is 0 Å². The molecule has 2 N–H and O–H groups in total. The van der Waals surface area contributed by atoms with Crippen molar-refractivity contribution in [3.63, 3.8) is 0 Å². The molecule has 0 unspecified atom stereocenters. The lowest BCUT2D eigenvalue weighted by atomic mass is 10.0. The first kappa shape index (κ1) is 21.2.